The van der Waals surface area contributed by atoms with Crippen LogP contribution in [0, 0.1) is 0 Å². The van der Waals surface area contributed by atoms with Gasteiger partial charge in [0.1, 0.15) is 0 Å². The van der Waals surface area contributed by atoms with E-state index in [0.29, 0.717) is 0 Å². The van der Waals surface area contributed by atoms with Gasteiger partial charge in [-0.25, -0.2) is 0 Å². The zero-order chi connectivity index (χ0) is 42.5. The van der Waals surface area contributed by atoms with E-state index in [0.717, 1.165) is 29.2 Å². The number of hydrogen-bond acceptors (Lipinski definition) is 1. The number of hydrogen-bond donors (Lipinski definition) is 0. The van der Waals surface area contributed by atoms with Gasteiger partial charge in [-0.15, -0.1) is 0 Å². The fourth-order valence-electron chi connectivity index (χ4n) is 11.2. The van der Waals surface area contributed by atoms with Crippen molar-refractivity contribution < 1.29 is 0 Å². The van der Waals surface area contributed by atoms with Crippen LogP contribution in [0.1, 0.15) is 47.7 Å². The van der Waals surface area contributed by atoms with E-state index in [2.05, 4.69) is 246 Å². The molecule has 3 heteroatoms. The number of rotatable bonds is 6. The average Bonchev–Trinajstić information content (AvgIpc) is 3.94. The molecule has 0 spiro atoms. The molecule has 3 nitrogen and oxygen atoms in total. The molecule has 2 aliphatic carbocycles. The minimum atomic E-state index is -0.106. The molecular formula is C61H45N3. The highest BCUT2D eigenvalue weighted by Gasteiger charge is 2.36. The van der Waals surface area contributed by atoms with Gasteiger partial charge in [0, 0.05) is 61.6 Å². The Morgan fingerprint density at radius 3 is 1.88 bits per heavy atom. The Morgan fingerprint density at radius 2 is 1.08 bits per heavy atom. The number of fused-ring (bicyclic) bond motifs is 11. The first-order chi connectivity index (χ1) is 31.5. The Morgan fingerprint density at radius 1 is 0.469 bits per heavy atom. The van der Waals surface area contributed by atoms with Crippen LogP contribution in [0.2, 0.25) is 0 Å². The van der Waals surface area contributed by atoms with Crippen LogP contribution in [0.25, 0.3) is 72.1 Å². The highest BCUT2D eigenvalue weighted by molar-refractivity contribution is 6.12. The minimum absolute atomic E-state index is 0.106. The van der Waals surface area contributed by atoms with Crippen molar-refractivity contribution in [3.05, 3.63) is 240 Å². The highest BCUT2D eigenvalue weighted by Crippen LogP contribution is 2.51. The van der Waals surface area contributed by atoms with E-state index in [1.165, 1.54) is 88.2 Å². The maximum atomic E-state index is 2.48. The molecule has 0 saturated heterocycles. The third-order valence-corrected chi connectivity index (χ3v) is 14.2. The van der Waals surface area contributed by atoms with Crippen molar-refractivity contribution in [1.29, 1.82) is 0 Å². The molecule has 0 fully saturated rings. The quantitative estimate of drug-likeness (QED) is 0.163. The zero-order valence-corrected chi connectivity index (χ0v) is 35.9. The molecule has 304 valence electrons. The molecule has 11 aromatic rings. The van der Waals surface area contributed by atoms with Crippen LogP contribution in [-0.2, 0) is 11.8 Å². The van der Waals surface area contributed by atoms with Crippen molar-refractivity contribution in [2.75, 3.05) is 4.90 Å². The van der Waals surface area contributed by atoms with Crippen LogP contribution < -0.4 is 4.90 Å². The molecule has 64 heavy (non-hydrogen) atoms. The summed E-state index contributed by atoms with van der Waals surface area (Å²) < 4.78 is 4.90. The Balaban J connectivity index is 0.984. The standard InChI is InChI=1S/C61H45N3/c1-61(2)54-25-15-14-24-49(54)50-31-29-47(39-55(50)61)62(43-17-6-3-7-18-43)46-30-35-57-52(38-46)51-36-41(27-32-56(51)63(57)44-19-8-4-9-20-44)42-28-33-58-53(37-42)60-48-23-13-12-16-40(48)26-34-59(60)64(58)45-21-10-5-11-22-45/h3-36,38-39,42H,37H2,1-2H3. The van der Waals surface area contributed by atoms with E-state index in [4.69, 9.17) is 0 Å². The van der Waals surface area contributed by atoms with Gasteiger partial charge in [-0.05, 0) is 142 Å². The smallest absolute Gasteiger partial charge is 0.0544 e. The highest BCUT2D eigenvalue weighted by atomic mass is 15.1. The van der Waals surface area contributed by atoms with Crippen LogP contribution in [-0.4, -0.2) is 9.13 Å². The normalized spacial score (nSPS) is 14.9. The first-order valence-corrected chi connectivity index (χ1v) is 22.5. The molecule has 2 aromatic heterocycles. The van der Waals surface area contributed by atoms with Crippen molar-refractivity contribution in [1.82, 2.24) is 9.13 Å². The average molecular weight is 820 g/mol. The summed E-state index contributed by atoms with van der Waals surface area (Å²) in [7, 11) is 0. The monoisotopic (exact) mass is 819 g/mol. The number of benzene rings is 9. The van der Waals surface area contributed by atoms with E-state index >= 15 is 0 Å². The topological polar surface area (TPSA) is 13.1 Å². The third kappa shape index (κ3) is 5.47. The molecule has 13 rings (SSSR count). The summed E-state index contributed by atoms with van der Waals surface area (Å²) in [6, 6.07) is 76.2. The lowest BCUT2D eigenvalue weighted by Gasteiger charge is -2.28. The second-order valence-electron chi connectivity index (χ2n) is 18.1. The summed E-state index contributed by atoms with van der Waals surface area (Å²) in [4.78, 5) is 2.44. The van der Waals surface area contributed by atoms with Gasteiger partial charge in [0.05, 0.1) is 16.6 Å². The predicted molar refractivity (Wildman–Crippen MR) is 269 cm³/mol. The molecule has 0 amide bonds. The van der Waals surface area contributed by atoms with Crippen molar-refractivity contribution >= 4 is 66.6 Å². The van der Waals surface area contributed by atoms with E-state index < -0.39 is 0 Å². The number of para-hydroxylation sites is 3. The molecule has 0 N–H and O–H groups in total. The maximum absolute atomic E-state index is 2.48. The second-order valence-corrected chi connectivity index (χ2v) is 18.1. The lowest BCUT2D eigenvalue weighted by Crippen LogP contribution is -2.16. The molecule has 2 aliphatic rings. The first kappa shape index (κ1) is 36.7. The second kappa shape index (κ2) is 14.1. The summed E-state index contributed by atoms with van der Waals surface area (Å²) in [5.41, 5.74) is 18.8. The van der Waals surface area contributed by atoms with Crippen LogP contribution in [0.3, 0.4) is 0 Å². The van der Waals surface area contributed by atoms with Gasteiger partial charge in [0.2, 0.25) is 0 Å². The SMILES string of the molecule is CC1(C)c2ccccc2-c2ccc(N(c3ccccc3)c3ccc4c(c3)c3cc(C5C=Cc6c(c7c8ccccc8ccc7n6-c6ccccc6)C5)ccc3n4-c3ccccc3)cc21. The zero-order valence-electron chi connectivity index (χ0n) is 35.9. The van der Waals surface area contributed by atoms with Crippen molar-refractivity contribution in [3.8, 4) is 22.5 Å². The van der Waals surface area contributed by atoms with Gasteiger partial charge in [0.15, 0.2) is 0 Å². The molecule has 1 unspecified atom stereocenters. The van der Waals surface area contributed by atoms with Crippen molar-refractivity contribution in [3.63, 3.8) is 0 Å². The molecule has 0 bridgehead atoms. The van der Waals surface area contributed by atoms with E-state index in [1.54, 1.807) is 0 Å². The molecule has 9 aromatic carbocycles. The summed E-state index contributed by atoms with van der Waals surface area (Å²) in [6.07, 6.45) is 5.75. The summed E-state index contributed by atoms with van der Waals surface area (Å²) in [5.74, 6) is 0.212. The fraction of sp³-hybridized carbons (Fsp3) is 0.0820. The lowest BCUT2D eigenvalue weighted by atomic mass is 9.82. The van der Waals surface area contributed by atoms with Crippen LogP contribution in [0.4, 0.5) is 17.1 Å². The van der Waals surface area contributed by atoms with Gasteiger partial charge >= 0.3 is 0 Å². The maximum Gasteiger partial charge on any atom is 0.0544 e. The third-order valence-electron chi connectivity index (χ3n) is 14.2. The summed E-state index contributed by atoms with van der Waals surface area (Å²) >= 11 is 0. The van der Waals surface area contributed by atoms with Crippen LogP contribution in [0.15, 0.2) is 212 Å². The Bertz CT molecular complexity index is 3660. The van der Waals surface area contributed by atoms with E-state index in [1.807, 2.05) is 0 Å². The van der Waals surface area contributed by atoms with E-state index in [-0.39, 0.29) is 11.3 Å². The molecule has 0 saturated carbocycles. The first-order valence-electron chi connectivity index (χ1n) is 22.5. The van der Waals surface area contributed by atoms with Crippen LogP contribution in [0.5, 0.6) is 0 Å². The summed E-state index contributed by atoms with van der Waals surface area (Å²) in [5, 5.41) is 6.44. The van der Waals surface area contributed by atoms with Gasteiger partial charge in [-0.2, -0.15) is 0 Å². The summed E-state index contributed by atoms with van der Waals surface area (Å²) in [6.45, 7) is 4.73. The lowest BCUT2D eigenvalue weighted by molar-refractivity contribution is 0.660. The largest absolute Gasteiger partial charge is 0.310 e. The molecule has 2 heterocycles. The van der Waals surface area contributed by atoms with E-state index in [9.17, 15) is 0 Å². The van der Waals surface area contributed by atoms with Crippen molar-refractivity contribution in [2.24, 2.45) is 0 Å². The number of allylic oxidation sites excluding steroid dienone is 1. The number of anilines is 3. The van der Waals surface area contributed by atoms with Gasteiger partial charge < -0.3 is 14.0 Å². The molecule has 1 atom stereocenters. The van der Waals surface area contributed by atoms with Crippen molar-refractivity contribution in [2.45, 2.75) is 31.6 Å². The Labute approximate surface area is 373 Å². The minimum Gasteiger partial charge on any atom is -0.310 e. The Hall–Kier alpha value is -7.88. The van der Waals surface area contributed by atoms with Gasteiger partial charge in [-0.1, -0.05) is 141 Å². The van der Waals surface area contributed by atoms with Crippen LogP contribution >= 0.6 is 0 Å². The fourth-order valence-corrected chi connectivity index (χ4v) is 11.2. The molecule has 0 radical (unpaired) electrons. The number of aromatic nitrogens is 2. The van der Waals surface area contributed by atoms with Gasteiger partial charge in [-0.3, -0.25) is 0 Å². The Kier molecular flexibility index (Phi) is 8.08. The van der Waals surface area contributed by atoms with Gasteiger partial charge in [0.25, 0.3) is 0 Å². The number of nitrogens with zero attached hydrogens (tertiary/aromatic N) is 3. The molecule has 0 aliphatic heterocycles. The molecular weight excluding hydrogens is 775 g/mol. The predicted octanol–water partition coefficient (Wildman–Crippen LogP) is 16.0.